The lowest BCUT2D eigenvalue weighted by atomic mass is 9.96. The summed E-state index contributed by atoms with van der Waals surface area (Å²) in [7, 11) is 1.48. The van der Waals surface area contributed by atoms with Crippen molar-refractivity contribution in [1.82, 2.24) is 41.9 Å². The Morgan fingerprint density at radius 2 is 1.09 bits per heavy atom. The third kappa shape index (κ3) is 19.8. The van der Waals surface area contributed by atoms with Gasteiger partial charge in [0, 0.05) is 26.1 Å². The number of hydrogen-bond acceptors (Lipinski definition) is 7. The van der Waals surface area contributed by atoms with E-state index in [9.17, 15) is 28.8 Å². The lowest BCUT2D eigenvalue weighted by molar-refractivity contribution is -0.136. The summed E-state index contributed by atoms with van der Waals surface area (Å²) in [5.41, 5.74) is 0.496. The number of aromatic nitrogens is 2. The normalized spacial score (nSPS) is 14.6. The van der Waals surface area contributed by atoms with Gasteiger partial charge in [-0.25, -0.2) is 4.98 Å². The van der Waals surface area contributed by atoms with Crippen LogP contribution in [0.4, 0.5) is 0 Å². The summed E-state index contributed by atoms with van der Waals surface area (Å²) in [6, 6.07) is -4.85. The van der Waals surface area contributed by atoms with E-state index >= 15 is 0 Å². The van der Waals surface area contributed by atoms with Gasteiger partial charge in [-0.1, -0.05) is 132 Å². The van der Waals surface area contributed by atoms with Crippen molar-refractivity contribution in [1.29, 1.82) is 0 Å². The SMILES string of the molecule is CCCCCCCCCCCCCCCC(=O)N[C@H](C(=O)N[C@H](C(=O)N[C@@H](Cc1c[nH]cn1)C(=O)N[C@@H](C)C(=O)N[C@H](C(=O)NC)C(C)C)C(C)C)[C@@H](C)CC. The van der Waals surface area contributed by atoms with Crippen LogP contribution in [0.1, 0.15) is 157 Å². The van der Waals surface area contributed by atoms with Crippen LogP contribution in [0, 0.1) is 17.8 Å². The van der Waals surface area contributed by atoms with Crippen molar-refractivity contribution < 1.29 is 28.8 Å². The molecular weight excluding hydrogens is 713 g/mol. The van der Waals surface area contributed by atoms with Crippen LogP contribution in [-0.4, -0.2) is 82.7 Å². The molecule has 0 spiro atoms. The molecule has 1 heterocycles. The zero-order valence-corrected chi connectivity index (χ0v) is 36.0. The van der Waals surface area contributed by atoms with Crippen molar-refractivity contribution in [2.24, 2.45) is 17.8 Å². The molecule has 0 aliphatic heterocycles. The summed E-state index contributed by atoms with van der Waals surface area (Å²) in [6.45, 7) is 14.7. The van der Waals surface area contributed by atoms with E-state index < -0.39 is 53.8 Å². The lowest BCUT2D eigenvalue weighted by Crippen LogP contribution is -2.60. The Hall–Kier alpha value is -3.97. The smallest absolute Gasteiger partial charge is 0.243 e. The second-order valence-electron chi connectivity index (χ2n) is 16.1. The fourth-order valence-corrected chi connectivity index (χ4v) is 6.46. The van der Waals surface area contributed by atoms with Crippen LogP contribution in [0.15, 0.2) is 12.5 Å². The minimum absolute atomic E-state index is 0.00573. The number of likely N-dealkylation sites (N-methyl/N-ethyl adjacent to an activating group) is 1. The zero-order chi connectivity index (χ0) is 42.0. The molecule has 14 nitrogen and oxygen atoms in total. The fourth-order valence-electron chi connectivity index (χ4n) is 6.46. The van der Waals surface area contributed by atoms with Crippen LogP contribution in [0.25, 0.3) is 0 Å². The van der Waals surface area contributed by atoms with Gasteiger partial charge in [-0.05, 0) is 31.1 Å². The molecule has 56 heavy (non-hydrogen) atoms. The van der Waals surface area contributed by atoms with E-state index in [4.69, 9.17) is 0 Å². The van der Waals surface area contributed by atoms with E-state index in [2.05, 4.69) is 48.8 Å². The summed E-state index contributed by atoms with van der Waals surface area (Å²) in [4.78, 5) is 86.4. The van der Waals surface area contributed by atoms with Crippen LogP contribution in [0.2, 0.25) is 0 Å². The second kappa shape index (κ2) is 28.4. The number of hydrogen-bond donors (Lipinski definition) is 7. The molecule has 0 aliphatic carbocycles. The molecule has 6 amide bonds. The summed E-state index contributed by atoms with van der Waals surface area (Å²) >= 11 is 0. The molecule has 7 N–H and O–H groups in total. The van der Waals surface area contributed by atoms with Gasteiger partial charge in [0.15, 0.2) is 0 Å². The van der Waals surface area contributed by atoms with Crippen molar-refractivity contribution in [2.45, 2.75) is 188 Å². The molecule has 6 atom stereocenters. The molecule has 1 aromatic rings. The first-order valence-electron chi connectivity index (χ1n) is 21.4. The van der Waals surface area contributed by atoms with Gasteiger partial charge < -0.3 is 36.9 Å². The molecule has 14 heteroatoms. The first-order chi connectivity index (χ1) is 26.7. The van der Waals surface area contributed by atoms with E-state index in [-0.39, 0.29) is 36.0 Å². The summed E-state index contributed by atoms with van der Waals surface area (Å²) in [6.07, 6.45) is 19.8. The zero-order valence-electron chi connectivity index (χ0n) is 36.0. The summed E-state index contributed by atoms with van der Waals surface area (Å²) in [5, 5.41) is 16.4. The number of nitrogens with zero attached hydrogens (tertiary/aromatic N) is 1. The van der Waals surface area contributed by atoms with E-state index in [1.807, 2.05) is 13.8 Å². The van der Waals surface area contributed by atoms with Gasteiger partial charge in [0.1, 0.15) is 30.2 Å². The van der Waals surface area contributed by atoms with Crippen molar-refractivity contribution in [3.05, 3.63) is 18.2 Å². The monoisotopic (exact) mass is 789 g/mol. The van der Waals surface area contributed by atoms with Gasteiger partial charge >= 0.3 is 0 Å². The van der Waals surface area contributed by atoms with Gasteiger partial charge in [-0.3, -0.25) is 28.8 Å². The minimum atomic E-state index is -1.15. The van der Waals surface area contributed by atoms with Crippen LogP contribution in [0.3, 0.4) is 0 Å². The Morgan fingerprint density at radius 1 is 0.589 bits per heavy atom. The van der Waals surface area contributed by atoms with Crippen molar-refractivity contribution in [3.63, 3.8) is 0 Å². The number of unbranched alkanes of at least 4 members (excludes halogenated alkanes) is 12. The van der Waals surface area contributed by atoms with E-state index in [0.29, 0.717) is 18.5 Å². The first kappa shape index (κ1) is 50.0. The topological polar surface area (TPSA) is 203 Å². The molecule has 0 unspecified atom stereocenters. The number of rotatable bonds is 30. The Bertz CT molecular complexity index is 1300. The molecule has 0 radical (unpaired) electrons. The average Bonchev–Trinajstić information content (AvgIpc) is 3.68. The van der Waals surface area contributed by atoms with Gasteiger partial charge in [-0.2, -0.15) is 0 Å². The summed E-state index contributed by atoms with van der Waals surface area (Å²) < 4.78 is 0. The lowest BCUT2D eigenvalue weighted by Gasteiger charge is -2.29. The number of aromatic amines is 1. The molecule has 0 aromatic carbocycles. The van der Waals surface area contributed by atoms with Crippen LogP contribution in [0.5, 0.6) is 0 Å². The molecule has 320 valence electrons. The van der Waals surface area contributed by atoms with Crippen molar-refractivity contribution in [3.8, 4) is 0 Å². The molecule has 0 bridgehead atoms. The molecule has 0 saturated carbocycles. The van der Waals surface area contributed by atoms with E-state index in [1.165, 1.54) is 84.5 Å². The van der Waals surface area contributed by atoms with Crippen molar-refractivity contribution in [2.75, 3.05) is 7.05 Å². The van der Waals surface area contributed by atoms with Gasteiger partial charge in [0.2, 0.25) is 35.4 Å². The second-order valence-corrected chi connectivity index (χ2v) is 16.1. The molecule has 1 aromatic heterocycles. The highest BCUT2D eigenvalue weighted by Gasteiger charge is 2.34. The minimum Gasteiger partial charge on any atom is -0.357 e. The maximum absolute atomic E-state index is 13.8. The molecule has 0 saturated heterocycles. The number of carbonyl (C=O) groups excluding carboxylic acids is 6. The Kier molecular flexibility index (Phi) is 25.4. The van der Waals surface area contributed by atoms with E-state index in [0.717, 1.165) is 19.3 Å². The molecule has 0 fully saturated rings. The highest BCUT2D eigenvalue weighted by atomic mass is 16.2. The number of nitrogens with one attached hydrogen (secondary N) is 7. The highest BCUT2D eigenvalue weighted by Crippen LogP contribution is 2.15. The predicted molar refractivity (Wildman–Crippen MR) is 221 cm³/mol. The Labute approximate surface area is 336 Å². The third-order valence-electron chi connectivity index (χ3n) is 10.4. The third-order valence-corrected chi connectivity index (χ3v) is 10.4. The number of imidazole rings is 1. The largest absolute Gasteiger partial charge is 0.357 e. The van der Waals surface area contributed by atoms with Crippen LogP contribution < -0.4 is 31.9 Å². The molecular formula is C42H76N8O6. The van der Waals surface area contributed by atoms with Gasteiger partial charge in [-0.15, -0.1) is 0 Å². The number of H-pyrrole nitrogens is 1. The number of amides is 6. The Morgan fingerprint density at radius 3 is 1.57 bits per heavy atom. The standard InChI is InChI=1S/C42H76N8O6/c1-10-12-13-14-15-16-17-18-19-20-21-22-23-24-34(51)48-37(30(7)11-2)42(56)50-36(29(5)6)41(55)47-33(25-32-26-44-27-45-32)39(53)46-31(8)38(52)49-35(28(3)4)40(54)43-9/h26-31,33,35-37H,10-25H2,1-9H3,(H,43,54)(H,44,45)(H,46,53)(H,47,55)(H,48,51)(H,49,52)(H,50,56)/t30-,31-,33-,35-,36-,37-/m0/s1. The predicted octanol–water partition coefficient (Wildman–Crippen LogP) is 4.98. The summed E-state index contributed by atoms with van der Waals surface area (Å²) in [5.74, 6) is -3.58. The molecule has 1 rings (SSSR count). The Balaban J connectivity index is 2.82. The van der Waals surface area contributed by atoms with Crippen LogP contribution in [-0.2, 0) is 35.2 Å². The van der Waals surface area contributed by atoms with Crippen LogP contribution >= 0.6 is 0 Å². The van der Waals surface area contributed by atoms with Gasteiger partial charge in [0.25, 0.3) is 0 Å². The van der Waals surface area contributed by atoms with Gasteiger partial charge in [0.05, 0.1) is 12.0 Å². The molecule has 0 aliphatic rings. The quantitative estimate of drug-likeness (QED) is 0.0533. The highest BCUT2D eigenvalue weighted by molar-refractivity contribution is 5.96. The first-order valence-corrected chi connectivity index (χ1v) is 21.4. The number of carbonyl (C=O) groups is 6. The average molecular weight is 789 g/mol. The fraction of sp³-hybridized carbons (Fsp3) is 0.786. The van der Waals surface area contributed by atoms with E-state index in [1.54, 1.807) is 33.9 Å². The van der Waals surface area contributed by atoms with Crippen molar-refractivity contribution >= 4 is 35.4 Å². The maximum atomic E-state index is 13.8. The maximum Gasteiger partial charge on any atom is 0.243 e.